The summed E-state index contributed by atoms with van der Waals surface area (Å²) in [6.07, 6.45) is 1.11. The molecule has 0 unspecified atom stereocenters. The topological polar surface area (TPSA) is 64.1 Å². The molecule has 0 saturated heterocycles. The van der Waals surface area contributed by atoms with Crippen LogP contribution in [0.15, 0.2) is 29.8 Å². The van der Waals surface area contributed by atoms with Crippen molar-refractivity contribution in [1.82, 2.24) is 9.97 Å². The maximum atomic E-state index is 11.8. The standard InChI is InChI=1S/C13H15N3O2S/c1-3-18-9(2)12(17)16-13-14-7-6-10(15-13)11-5-4-8-19-11/h4-9H,3H2,1-2H3,(H,14,15,16,17)/t9-/m1/s1. The van der Waals surface area contributed by atoms with Crippen molar-refractivity contribution in [3.63, 3.8) is 0 Å². The van der Waals surface area contributed by atoms with Crippen LogP contribution in [0.1, 0.15) is 13.8 Å². The summed E-state index contributed by atoms with van der Waals surface area (Å²) >= 11 is 1.59. The molecular weight excluding hydrogens is 262 g/mol. The lowest BCUT2D eigenvalue weighted by molar-refractivity contribution is -0.126. The van der Waals surface area contributed by atoms with Gasteiger partial charge < -0.3 is 4.74 Å². The zero-order valence-electron chi connectivity index (χ0n) is 10.8. The molecule has 2 heterocycles. The molecule has 5 nitrogen and oxygen atoms in total. The van der Waals surface area contributed by atoms with Crippen LogP contribution in [0.5, 0.6) is 0 Å². The van der Waals surface area contributed by atoms with Gasteiger partial charge in [0.05, 0.1) is 10.6 Å². The predicted molar refractivity (Wildman–Crippen MR) is 75.1 cm³/mol. The summed E-state index contributed by atoms with van der Waals surface area (Å²) in [5.41, 5.74) is 0.796. The number of ether oxygens (including phenoxy) is 1. The van der Waals surface area contributed by atoms with Crippen LogP contribution in [-0.2, 0) is 9.53 Å². The number of carbonyl (C=O) groups is 1. The van der Waals surface area contributed by atoms with Crippen LogP contribution in [-0.4, -0.2) is 28.6 Å². The number of rotatable bonds is 5. The Hall–Kier alpha value is -1.79. The lowest BCUT2D eigenvalue weighted by Gasteiger charge is -2.11. The van der Waals surface area contributed by atoms with E-state index >= 15 is 0 Å². The fourth-order valence-corrected chi connectivity index (χ4v) is 2.21. The van der Waals surface area contributed by atoms with Crippen LogP contribution >= 0.6 is 11.3 Å². The number of aromatic nitrogens is 2. The van der Waals surface area contributed by atoms with Gasteiger partial charge in [-0.05, 0) is 31.4 Å². The number of nitrogens with zero attached hydrogens (tertiary/aromatic N) is 2. The molecule has 0 fully saturated rings. The van der Waals surface area contributed by atoms with Crippen LogP contribution in [0.2, 0.25) is 0 Å². The van der Waals surface area contributed by atoms with Crippen molar-refractivity contribution in [2.75, 3.05) is 11.9 Å². The van der Waals surface area contributed by atoms with E-state index in [0.29, 0.717) is 12.6 Å². The van der Waals surface area contributed by atoms with Crippen molar-refractivity contribution in [3.05, 3.63) is 29.8 Å². The Morgan fingerprint density at radius 3 is 3.05 bits per heavy atom. The van der Waals surface area contributed by atoms with E-state index in [2.05, 4.69) is 15.3 Å². The van der Waals surface area contributed by atoms with Gasteiger partial charge in [0.25, 0.3) is 5.91 Å². The summed E-state index contributed by atoms with van der Waals surface area (Å²) < 4.78 is 5.21. The third-order valence-electron chi connectivity index (χ3n) is 2.45. The van der Waals surface area contributed by atoms with Crippen molar-refractivity contribution in [3.8, 4) is 10.6 Å². The van der Waals surface area contributed by atoms with Crippen LogP contribution in [0.25, 0.3) is 10.6 Å². The van der Waals surface area contributed by atoms with Crippen LogP contribution in [0.4, 0.5) is 5.95 Å². The summed E-state index contributed by atoms with van der Waals surface area (Å²) in [5, 5.41) is 4.63. The zero-order chi connectivity index (χ0) is 13.7. The molecular formula is C13H15N3O2S. The van der Waals surface area contributed by atoms with E-state index in [1.54, 1.807) is 24.5 Å². The Balaban J connectivity index is 2.09. The molecule has 6 heteroatoms. The molecule has 0 aliphatic carbocycles. The first-order chi connectivity index (χ1) is 9.20. The lowest BCUT2D eigenvalue weighted by Crippen LogP contribution is -2.28. The minimum atomic E-state index is -0.515. The number of hydrogen-bond acceptors (Lipinski definition) is 5. The predicted octanol–water partition coefficient (Wildman–Crippen LogP) is 2.57. The van der Waals surface area contributed by atoms with Gasteiger partial charge in [-0.15, -0.1) is 11.3 Å². The molecule has 0 aliphatic rings. The fourth-order valence-electron chi connectivity index (χ4n) is 1.52. The Kier molecular flexibility index (Phi) is 4.59. The second-order valence-corrected chi connectivity index (χ2v) is 4.78. The number of thiophene rings is 1. The number of nitrogens with one attached hydrogen (secondary N) is 1. The van der Waals surface area contributed by atoms with E-state index in [1.165, 1.54) is 0 Å². The Morgan fingerprint density at radius 2 is 2.37 bits per heavy atom. The molecule has 1 N–H and O–H groups in total. The maximum absolute atomic E-state index is 11.8. The van der Waals surface area contributed by atoms with Gasteiger partial charge in [0.2, 0.25) is 5.95 Å². The molecule has 0 aliphatic heterocycles. The van der Waals surface area contributed by atoms with Crippen molar-refractivity contribution in [2.24, 2.45) is 0 Å². The fraction of sp³-hybridized carbons (Fsp3) is 0.308. The monoisotopic (exact) mass is 277 g/mol. The smallest absolute Gasteiger partial charge is 0.255 e. The lowest BCUT2D eigenvalue weighted by atomic mass is 10.3. The Morgan fingerprint density at radius 1 is 1.53 bits per heavy atom. The Labute approximate surface area is 115 Å². The highest BCUT2D eigenvalue weighted by Crippen LogP contribution is 2.22. The molecule has 2 aromatic heterocycles. The first kappa shape index (κ1) is 13.6. The van der Waals surface area contributed by atoms with Gasteiger partial charge in [0.15, 0.2) is 0 Å². The number of amides is 1. The highest BCUT2D eigenvalue weighted by Gasteiger charge is 2.14. The van der Waals surface area contributed by atoms with Crippen molar-refractivity contribution < 1.29 is 9.53 Å². The first-order valence-corrected chi connectivity index (χ1v) is 6.88. The van der Waals surface area contributed by atoms with E-state index in [0.717, 1.165) is 10.6 Å². The van der Waals surface area contributed by atoms with Gasteiger partial charge in [0, 0.05) is 12.8 Å². The zero-order valence-corrected chi connectivity index (χ0v) is 11.6. The van der Waals surface area contributed by atoms with E-state index in [-0.39, 0.29) is 5.91 Å². The number of carbonyl (C=O) groups excluding carboxylic acids is 1. The molecule has 2 aromatic rings. The molecule has 1 atom stereocenters. The van der Waals surface area contributed by atoms with Gasteiger partial charge in [-0.1, -0.05) is 6.07 Å². The Bertz CT molecular complexity index is 543. The third kappa shape index (κ3) is 3.59. The highest BCUT2D eigenvalue weighted by molar-refractivity contribution is 7.13. The van der Waals surface area contributed by atoms with E-state index < -0.39 is 6.10 Å². The molecule has 1 amide bonds. The number of hydrogen-bond donors (Lipinski definition) is 1. The quantitative estimate of drug-likeness (QED) is 0.912. The van der Waals surface area contributed by atoms with Gasteiger partial charge in [-0.2, -0.15) is 0 Å². The van der Waals surface area contributed by atoms with Gasteiger partial charge in [-0.25, -0.2) is 9.97 Å². The molecule has 2 rings (SSSR count). The molecule has 0 saturated carbocycles. The van der Waals surface area contributed by atoms with E-state index in [4.69, 9.17) is 4.74 Å². The average Bonchev–Trinajstić information content (AvgIpc) is 2.93. The van der Waals surface area contributed by atoms with Gasteiger partial charge in [0.1, 0.15) is 6.10 Å². The largest absolute Gasteiger partial charge is 0.369 e. The van der Waals surface area contributed by atoms with E-state index in [9.17, 15) is 4.79 Å². The molecule has 0 aromatic carbocycles. The maximum Gasteiger partial charge on any atom is 0.255 e. The second-order valence-electron chi connectivity index (χ2n) is 3.83. The normalized spacial score (nSPS) is 12.1. The van der Waals surface area contributed by atoms with Crippen molar-refractivity contribution >= 4 is 23.2 Å². The summed E-state index contributed by atoms with van der Waals surface area (Å²) in [7, 11) is 0. The summed E-state index contributed by atoms with van der Waals surface area (Å²) in [4.78, 5) is 21.2. The first-order valence-electron chi connectivity index (χ1n) is 6.00. The highest BCUT2D eigenvalue weighted by atomic mass is 32.1. The van der Waals surface area contributed by atoms with E-state index in [1.807, 2.05) is 30.5 Å². The SMILES string of the molecule is CCO[C@H](C)C(=O)Nc1nccc(-c2cccs2)n1. The minimum absolute atomic E-state index is 0.245. The summed E-state index contributed by atoms with van der Waals surface area (Å²) in [6, 6.07) is 5.74. The summed E-state index contributed by atoms with van der Waals surface area (Å²) in [6.45, 7) is 4.03. The molecule has 0 bridgehead atoms. The third-order valence-corrected chi connectivity index (χ3v) is 3.34. The number of anilines is 1. The van der Waals surface area contributed by atoms with Gasteiger partial charge >= 0.3 is 0 Å². The van der Waals surface area contributed by atoms with Crippen LogP contribution in [0, 0.1) is 0 Å². The van der Waals surface area contributed by atoms with Crippen LogP contribution in [0.3, 0.4) is 0 Å². The minimum Gasteiger partial charge on any atom is -0.369 e. The summed E-state index contributed by atoms with van der Waals surface area (Å²) in [5.74, 6) is 0.0487. The molecule has 0 spiro atoms. The van der Waals surface area contributed by atoms with Gasteiger partial charge in [-0.3, -0.25) is 10.1 Å². The molecule has 0 radical (unpaired) electrons. The molecule has 100 valence electrons. The molecule has 19 heavy (non-hydrogen) atoms. The van der Waals surface area contributed by atoms with Crippen LogP contribution < -0.4 is 5.32 Å². The van der Waals surface area contributed by atoms with Crippen molar-refractivity contribution in [2.45, 2.75) is 20.0 Å². The van der Waals surface area contributed by atoms with Crippen molar-refractivity contribution in [1.29, 1.82) is 0 Å². The average molecular weight is 277 g/mol. The second kappa shape index (κ2) is 6.40.